The molecule has 2 rings (SSSR count). The molecule has 0 radical (unpaired) electrons. The zero-order valence-electron chi connectivity index (χ0n) is 9.14. The van der Waals surface area contributed by atoms with Gasteiger partial charge in [-0.2, -0.15) is 0 Å². The van der Waals surface area contributed by atoms with Crippen molar-refractivity contribution in [3.8, 4) is 0 Å². The number of fused-ring (bicyclic) bond motifs is 1. The third-order valence-electron chi connectivity index (χ3n) is 2.52. The molecule has 0 spiro atoms. The first-order chi connectivity index (χ1) is 8.22. The van der Waals surface area contributed by atoms with E-state index in [1.165, 1.54) is 0 Å². The van der Waals surface area contributed by atoms with Gasteiger partial charge in [0.1, 0.15) is 0 Å². The first-order valence-electron chi connectivity index (χ1n) is 5.30. The fraction of sp³-hybridized carbons (Fsp3) is 0.364. The third-order valence-corrected chi connectivity index (χ3v) is 2.52. The summed E-state index contributed by atoms with van der Waals surface area (Å²) < 4.78 is 4.88. The van der Waals surface area contributed by atoms with E-state index in [-0.39, 0.29) is 19.3 Å². The summed E-state index contributed by atoms with van der Waals surface area (Å²) in [6.45, 7) is 0.248. The van der Waals surface area contributed by atoms with Crippen molar-refractivity contribution in [2.24, 2.45) is 0 Å². The van der Waals surface area contributed by atoms with E-state index in [0.717, 1.165) is 5.56 Å². The zero-order chi connectivity index (χ0) is 12.3. The van der Waals surface area contributed by atoms with E-state index in [4.69, 9.17) is 14.6 Å². The average molecular weight is 238 g/mol. The number of aliphatic hydroxyl groups is 2. The van der Waals surface area contributed by atoms with Crippen LogP contribution in [0, 0.1) is 0 Å². The molecule has 4 N–H and O–H groups in total. The van der Waals surface area contributed by atoms with Crippen molar-refractivity contribution >= 4 is 11.1 Å². The smallest absolute Gasteiger partial charge is 0.408 e. The van der Waals surface area contributed by atoms with E-state index in [2.05, 4.69) is 10.3 Å². The summed E-state index contributed by atoms with van der Waals surface area (Å²) in [5.74, 6) is -0.478. The van der Waals surface area contributed by atoms with Crippen LogP contribution in [0.1, 0.15) is 5.56 Å². The van der Waals surface area contributed by atoms with Gasteiger partial charge in [-0.15, -0.1) is 0 Å². The monoisotopic (exact) mass is 238 g/mol. The van der Waals surface area contributed by atoms with Gasteiger partial charge in [-0.05, 0) is 17.7 Å². The van der Waals surface area contributed by atoms with Crippen LogP contribution >= 0.6 is 0 Å². The number of H-pyrrole nitrogens is 1. The predicted octanol–water partition coefficient (Wildman–Crippen LogP) is -0.436. The summed E-state index contributed by atoms with van der Waals surface area (Å²) in [5.41, 5.74) is 2.08. The van der Waals surface area contributed by atoms with E-state index < -0.39 is 5.76 Å². The summed E-state index contributed by atoms with van der Waals surface area (Å²) >= 11 is 0. The summed E-state index contributed by atoms with van der Waals surface area (Å²) in [6.07, 6.45) is 0. The van der Waals surface area contributed by atoms with Crippen molar-refractivity contribution in [1.29, 1.82) is 0 Å². The van der Waals surface area contributed by atoms with Gasteiger partial charge >= 0.3 is 5.76 Å². The molecular weight excluding hydrogens is 224 g/mol. The number of benzene rings is 1. The fourth-order valence-corrected chi connectivity index (χ4v) is 1.56. The van der Waals surface area contributed by atoms with Gasteiger partial charge in [-0.1, -0.05) is 6.07 Å². The van der Waals surface area contributed by atoms with E-state index >= 15 is 0 Å². The molecule has 0 aliphatic rings. The Kier molecular flexibility index (Phi) is 3.58. The van der Waals surface area contributed by atoms with E-state index in [0.29, 0.717) is 17.6 Å². The van der Waals surface area contributed by atoms with Crippen LogP contribution in [0.3, 0.4) is 0 Å². The van der Waals surface area contributed by atoms with Crippen LogP contribution in [0.2, 0.25) is 0 Å². The van der Waals surface area contributed by atoms with Crippen LogP contribution in [0.5, 0.6) is 0 Å². The van der Waals surface area contributed by atoms with Crippen LogP contribution in [-0.4, -0.2) is 34.5 Å². The molecule has 0 unspecified atom stereocenters. The maximum absolute atomic E-state index is 11.0. The van der Waals surface area contributed by atoms with Gasteiger partial charge in [0.25, 0.3) is 0 Å². The lowest BCUT2D eigenvalue weighted by atomic mass is 10.2. The van der Waals surface area contributed by atoms with Gasteiger partial charge in [0, 0.05) is 6.54 Å². The van der Waals surface area contributed by atoms with Crippen molar-refractivity contribution < 1.29 is 14.6 Å². The first-order valence-corrected chi connectivity index (χ1v) is 5.30. The zero-order valence-corrected chi connectivity index (χ0v) is 9.14. The van der Waals surface area contributed by atoms with Crippen LogP contribution in [0.4, 0.5) is 0 Å². The molecule has 2 aromatic rings. The Bertz CT molecular complexity index is 542. The van der Waals surface area contributed by atoms with Crippen molar-refractivity contribution in [3.63, 3.8) is 0 Å². The maximum Gasteiger partial charge on any atom is 0.417 e. The minimum absolute atomic E-state index is 0.124. The minimum atomic E-state index is -0.478. The van der Waals surface area contributed by atoms with Crippen LogP contribution in [0.25, 0.3) is 11.1 Å². The van der Waals surface area contributed by atoms with Crippen molar-refractivity contribution in [2.75, 3.05) is 13.2 Å². The molecule has 0 aliphatic carbocycles. The highest BCUT2D eigenvalue weighted by Crippen LogP contribution is 2.12. The normalized spacial score (nSPS) is 11.5. The van der Waals surface area contributed by atoms with Crippen molar-refractivity contribution in [2.45, 2.75) is 12.6 Å². The number of aromatic nitrogens is 1. The molecule has 0 atom stereocenters. The van der Waals surface area contributed by atoms with Gasteiger partial charge in [0.05, 0.1) is 24.8 Å². The number of hydrogen-bond donors (Lipinski definition) is 4. The third kappa shape index (κ3) is 2.73. The highest BCUT2D eigenvalue weighted by atomic mass is 16.4. The molecule has 0 amide bonds. The van der Waals surface area contributed by atoms with Gasteiger partial charge < -0.3 is 19.9 Å². The predicted molar refractivity (Wildman–Crippen MR) is 61.6 cm³/mol. The lowest BCUT2D eigenvalue weighted by molar-refractivity contribution is 0.170. The molecule has 1 aromatic heterocycles. The van der Waals surface area contributed by atoms with Gasteiger partial charge in [0.2, 0.25) is 0 Å². The Labute approximate surface area is 96.9 Å². The first kappa shape index (κ1) is 11.8. The second kappa shape index (κ2) is 5.13. The van der Waals surface area contributed by atoms with Crippen LogP contribution < -0.4 is 11.1 Å². The van der Waals surface area contributed by atoms with Gasteiger partial charge in [-0.3, -0.25) is 4.98 Å². The molecule has 0 fully saturated rings. The lowest BCUT2D eigenvalue weighted by Gasteiger charge is -2.12. The molecule has 1 heterocycles. The Morgan fingerprint density at radius 1 is 1.35 bits per heavy atom. The van der Waals surface area contributed by atoms with Crippen molar-refractivity contribution in [3.05, 3.63) is 34.3 Å². The molecule has 0 bridgehead atoms. The quantitative estimate of drug-likeness (QED) is 0.566. The number of nitrogens with one attached hydrogen (secondary N) is 2. The summed E-state index contributed by atoms with van der Waals surface area (Å²) in [6, 6.07) is 4.97. The fourth-order valence-electron chi connectivity index (χ4n) is 1.56. The van der Waals surface area contributed by atoms with Crippen molar-refractivity contribution in [1.82, 2.24) is 10.3 Å². The molecule has 17 heavy (non-hydrogen) atoms. The summed E-state index contributed by atoms with van der Waals surface area (Å²) in [7, 11) is 0. The second-order valence-corrected chi connectivity index (χ2v) is 3.79. The Balaban J connectivity index is 2.11. The maximum atomic E-state index is 11.0. The molecule has 0 saturated heterocycles. The lowest BCUT2D eigenvalue weighted by Crippen LogP contribution is -2.35. The molecule has 1 aromatic carbocycles. The number of rotatable bonds is 5. The number of hydrogen-bond acceptors (Lipinski definition) is 5. The molecule has 0 saturated carbocycles. The van der Waals surface area contributed by atoms with E-state index in [1.54, 1.807) is 12.1 Å². The van der Waals surface area contributed by atoms with Crippen LogP contribution in [-0.2, 0) is 6.54 Å². The summed E-state index contributed by atoms with van der Waals surface area (Å²) in [4.78, 5) is 13.5. The van der Waals surface area contributed by atoms with Gasteiger partial charge in [0.15, 0.2) is 5.58 Å². The highest BCUT2D eigenvalue weighted by molar-refractivity contribution is 5.72. The SMILES string of the molecule is O=c1[nH]c2cc(CNC(CO)CO)ccc2o1. The largest absolute Gasteiger partial charge is 0.417 e. The molecule has 6 heteroatoms. The van der Waals surface area contributed by atoms with Crippen LogP contribution in [0.15, 0.2) is 27.4 Å². The molecule has 0 aliphatic heterocycles. The Morgan fingerprint density at radius 2 is 2.12 bits per heavy atom. The molecular formula is C11H14N2O4. The number of oxazole rings is 1. The Hall–Kier alpha value is -1.63. The number of aliphatic hydroxyl groups excluding tert-OH is 2. The topological polar surface area (TPSA) is 98.5 Å². The molecule has 92 valence electrons. The average Bonchev–Trinajstić information content (AvgIpc) is 2.69. The standard InChI is InChI=1S/C11H14N2O4/c14-5-8(6-15)12-4-7-1-2-10-9(3-7)13-11(16)17-10/h1-3,8,12,14-15H,4-6H2,(H,13,16). The number of aromatic amines is 1. The minimum Gasteiger partial charge on any atom is -0.408 e. The Morgan fingerprint density at radius 3 is 2.82 bits per heavy atom. The molecule has 6 nitrogen and oxygen atoms in total. The summed E-state index contributed by atoms with van der Waals surface area (Å²) in [5, 5.41) is 20.8. The highest BCUT2D eigenvalue weighted by Gasteiger charge is 2.06. The van der Waals surface area contributed by atoms with E-state index in [1.807, 2.05) is 6.07 Å². The van der Waals surface area contributed by atoms with E-state index in [9.17, 15) is 4.79 Å². The van der Waals surface area contributed by atoms with Gasteiger partial charge in [-0.25, -0.2) is 4.79 Å². The second-order valence-electron chi connectivity index (χ2n) is 3.79.